The van der Waals surface area contributed by atoms with E-state index in [1.165, 1.54) is 0 Å². The van der Waals surface area contributed by atoms with Gasteiger partial charge in [0.25, 0.3) is 11.8 Å². The Balaban J connectivity index is 3.86. The highest BCUT2D eigenvalue weighted by atomic mass is 19.4. The Morgan fingerprint density at radius 3 is 1.00 bits per heavy atom. The molecule has 134 valence electrons. The summed E-state index contributed by atoms with van der Waals surface area (Å²) in [6.07, 6.45) is -15.0. The van der Waals surface area contributed by atoms with Crippen LogP contribution in [0.4, 0.5) is 43.9 Å². The smallest absolute Gasteiger partial charge is 0.373 e. The lowest BCUT2D eigenvalue weighted by molar-refractivity contribution is -0.208. The highest BCUT2D eigenvalue weighted by Gasteiger charge is 2.44. The third kappa shape index (κ3) is 12.9. The molecule has 0 aromatic rings. The molecule has 0 N–H and O–H groups in total. The van der Waals surface area contributed by atoms with Crippen molar-refractivity contribution in [3.63, 3.8) is 0 Å². The van der Waals surface area contributed by atoms with E-state index in [-0.39, 0.29) is 0 Å². The molecule has 0 heterocycles. The zero-order valence-corrected chi connectivity index (χ0v) is 10.8. The van der Waals surface area contributed by atoms with Crippen LogP contribution in [0.1, 0.15) is 12.8 Å². The highest BCUT2D eigenvalue weighted by molar-refractivity contribution is 4.71. The molecule has 0 amide bonds. The topological polar surface area (TPSA) is 18.5 Å². The van der Waals surface area contributed by atoms with E-state index in [1.54, 1.807) is 0 Å². The second kappa shape index (κ2) is 7.66. The van der Waals surface area contributed by atoms with E-state index < -0.39 is 63.5 Å². The fourth-order valence-corrected chi connectivity index (χ4v) is 1.25. The second-order valence-corrected chi connectivity index (χ2v) is 4.40. The Labute approximate surface area is 118 Å². The van der Waals surface area contributed by atoms with Crippen molar-refractivity contribution >= 4 is 0 Å². The van der Waals surface area contributed by atoms with Crippen LogP contribution in [-0.2, 0) is 9.47 Å². The average molecular weight is 354 g/mol. The predicted molar refractivity (Wildman–Crippen MR) is 52.9 cm³/mol. The number of hydrogen-bond acceptors (Lipinski definition) is 2. The summed E-state index contributed by atoms with van der Waals surface area (Å²) in [7, 11) is 0. The van der Waals surface area contributed by atoms with Crippen molar-refractivity contribution in [1.82, 2.24) is 0 Å². The zero-order chi connectivity index (χ0) is 17.7. The maximum atomic E-state index is 12.7. The number of halogens is 10. The first-order chi connectivity index (χ1) is 9.62. The van der Waals surface area contributed by atoms with Crippen molar-refractivity contribution in [2.75, 3.05) is 26.4 Å². The molecule has 0 spiro atoms. The van der Waals surface area contributed by atoms with E-state index in [4.69, 9.17) is 0 Å². The Morgan fingerprint density at radius 1 is 0.500 bits per heavy atom. The van der Waals surface area contributed by atoms with Gasteiger partial charge in [-0.25, -0.2) is 17.6 Å². The van der Waals surface area contributed by atoms with Gasteiger partial charge in [-0.05, 0) is 0 Å². The second-order valence-electron chi connectivity index (χ2n) is 4.40. The van der Waals surface area contributed by atoms with Crippen molar-refractivity contribution < 1.29 is 53.4 Å². The maximum Gasteiger partial charge on any atom is 0.394 e. The molecule has 0 radical (unpaired) electrons. The summed E-state index contributed by atoms with van der Waals surface area (Å²) in [6, 6.07) is 0. The highest BCUT2D eigenvalue weighted by Crippen LogP contribution is 2.32. The molecule has 0 aromatic heterocycles. The normalized spacial score (nSPS) is 14.5. The van der Waals surface area contributed by atoms with Gasteiger partial charge in [0.15, 0.2) is 0 Å². The number of ether oxygens (including phenoxy) is 2. The third-order valence-electron chi connectivity index (χ3n) is 1.92. The van der Waals surface area contributed by atoms with Crippen LogP contribution in [0.15, 0.2) is 0 Å². The van der Waals surface area contributed by atoms with Gasteiger partial charge in [0.1, 0.15) is 26.1 Å². The summed E-state index contributed by atoms with van der Waals surface area (Å²) >= 11 is 0. The van der Waals surface area contributed by atoms with Crippen molar-refractivity contribution in [3.8, 4) is 0 Å². The molecule has 22 heavy (non-hydrogen) atoms. The fourth-order valence-electron chi connectivity index (χ4n) is 1.25. The molecule has 0 fully saturated rings. The summed E-state index contributed by atoms with van der Waals surface area (Å²) in [4.78, 5) is 0. The maximum absolute atomic E-state index is 12.7. The molecule has 12 heteroatoms. The van der Waals surface area contributed by atoms with Crippen LogP contribution in [0, 0.1) is 0 Å². The number of alkyl halides is 10. The van der Waals surface area contributed by atoms with Crippen molar-refractivity contribution in [3.05, 3.63) is 0 Å². The van der Waals surface area contributed by atoms with Gasteiger partial charge in [0.2, 0.25) is 0 Å². The molecule has 0 aliphatic rings. The van der Waals surface area contributed by atoms with Gasteiger partial charge in [-0.3, -0.25) is 0 Å². The minimum atomic E-state index is -5.11. The average Bonchev–Trinajstić information content (AvgIpc) is 2.15. The van der Waals surface area contributed by atoms with E-state index in [1.807, 2.05) is 0 Å². The Bertz CT molecular complexity index is 291. The fraction of sp³-hybridized carbons (Fsp3) is 1.00. The summed E-state index contributed by atoms with van der Waals surface area (Å²) in [5, 5.41) is 0. The Morgan fingerprint density at radius 2 is 0.773 bits per heavy atom. The SMILES string of the molecule is FC(F)(F)CC(F)(F)COCCOCC(F)(F)CC(F)(F)F. The van der Waals surface area contributed by atoms with E-state index in [9.17, 15) is 43.9 Å². The van der Waals surface area contributed by atoms with Crippen LogP contribution in [0.3, 0.4) is 0 Å². The lowest BCUT2D eigenvalue weighted by Crippen LogP contribution is -2.32. The van der Waals surface area contributed by atoms with E-state index in [0.717, 1.165) is 0 Å². The van der Waals surface area contributed by atoms with E-state index in [2.05, 4.69) is 9.47 Å². The molecule has 0 aliphatic heterocycles. The summed E-state index contributed by atoms with van der Waals surface area (Å²) in [5.41, 5.74) is 0. The van der Waals surface area contributed by atoms with Crippen molar-refractivity contribution in [2.45, 2.75) is 37.0 Å². The third-order valence-corrected chi connectivity index (χ3v) is 1.92. The van der Waals surface area contributed by atoms with Crippen LogP contribution >= 0.6 is 0 Å². The predicted octanol–water partition coefficient (Wildman–Crippen LogP) is 4.20. The molecule has 0 saturated carbocycles. The monoisotopic (exact) mass is 354 g/mol. The molecule has 0 atom stereocenters. The van der Waals surface area contributed by atoms with Gasteiger partial charge in [-0.1, -0.05) is 0 Å². The molecule has 0 saturated heterocycles. The summed E-state index contributed by atoms with van der Waals surface area (Å²) < 4.78 is 129. The van der Waals surface area contributed by atoms with Crippen molar-refractivity contribution in [2.24, 2.45) is 0 Å². The molecule has 2 nitrogen and oxygen atoms in total. The number of hydrogen-bond donors (Lipinski definition) is 0. The van der Waals surface area contributed by atoms with Gasteiger partial charge in [-0.15, -0.1) is 0 Å². The van der Waals surface area contributed by atoms with Crippen LogP contribution in [0.5, 0.6) is 0 Å². The van der Waals surface area contributed by atoms with Gasteiger partial charge >= 0.3 is 12.4 Å². The minimum Gasteiger partial charge on any atom is -0.373 e. The first-order valence-electron chi connectivity index (χ1n) is 5.67. The lowest BCUT2D eigenvalue weighted by Gasteiger charge is -2.19. The first-order valence-corrected chi connectivity index (χ1v) is 5.67. The first kappa shape index (κ1) is 21.2. The molecule has 0 aliphatic carbocycles. The van der Waals surface area contributed by atoms with Gasteiger partial charge in [0, 0.05) is 0 Å². The summed E-state index contributed by atoms with van der Waals surface area (Å²) in [5.74, 6) is -8.39. The van der Waals surface area contributed by atoms with Gasteiger partial charge in [0.05, 0.1) is 13.2 Å². The standard InChI is InChI=1S/C10H12F10O2/c11-7(12,3-9(15,16)17)5-21-1-2-22-6-8(13,14)4-10(18,19)20/h1-6H2. The summed E-state index contributed by atoms with van der Waals surface area (Å²) in [6.45, 7) is -4.77. The Hall–Kier alpha value is -0.780. The molecular weight excluding hydrogens is 342 g/mol. The Kier molecular flexibility index (Phi) is 7.39. The van der Waals surface area contributed by atoms with E-state index in [0.29, 0.717) is 0 Å². The lowest BCUT2D eigenvalue weighted by atomic mass is 10.2. The van der Waals surface area contributed by atoms with Gasteiger partial charge in [-0.2, -0.15) is 26.3 Å². The van der Waals surface area contributed by atoms with Gasteiger partial charge < -0.3 is 9.47 Å². The van der Waals surface area contributed by atoms with Crippen LogP contribution in [0.2, 0.25) is 0 Å². The number of rotatable bonds is 9. The van der Waals surface area contributed by atoms with Crippen LogP contribution in [0.25, 0.3) is 0 Å². The molecule has 0 bridgehead atoms. The molecular formula is C10H12F10O2. The molecule has 0 unspecified atom stereocenters. The van der Waals surface area contributed by atoms with Crippen LogP contribution in [-0.4, -0.2) is 50.6 Å². The van der Waals surface area contributed by atoms with Crippen molar-refractivity contribution in [1.29, 1.82) is 0 Å². The quantitative estimate of drug-likeness (QED) is 0.457. The van der Waals surface area contributed by atoms with Crippen LogP contribution < -0.4 is 0 Å². The molecule has 0 rings (SSSR count). The minimum absolute atomic E-state index is 0.768. The van der Waals surface area contributed by atoms with E-state index >= 15 is 0 Å². The zero-order valence-electron chi connectivity index (χ0n) is 10.8. The molecule has 0 aromatic carbocycles. The largest absolute Gasteiger partial charge is 0.394 e.